The summed E-state index contributed by atoms with van der Waals surface area (Å²) < 4.78 is 5.99. The number of aliphatic imine (C=N–C) groups is 1. The number of aromatic nitrogens is 1. The largest absolute Gasteiger partial charge is 0.472 e. The summed E-state index contributed by atoms with van der Waals surface area (Å²) in [5.41, 5.74) is 0. The van der Waals surface area contributed by atoms with E-state index in [1.54, 1.807) is 6.20 Å². The summed E-state index contributed by atoms with van der Waals surface area (Å²) in [6.45, 7) is 6.92. The molecule has 3 heterocycles. The van der Waals surface area contributed by atoms with Gasteiger partial charge in [-0.2, -0.15) is 0 Å². The summed E-state index contributed by atoms with van der Waals surface area (Å²) in [5.74, 6) is 1.73. The van der Waals surface area contributed by atoms with Gasteiger partial charge in [0, 0.05) is 37.8 Å². The van der Waals surface area contributed by atoms with Gasteiger partial charge in [0.1, 0.15) is 6.10 Å². The highest BCUT2D eigenvalue weighted by Crippen LogP contribution is 2.17. The summed E-state index contributed by atoms with van der Waals surface area (Å²) in [6, 6.07) is 6.36. The number of guanidine groups is 1. The molecule has 1 aromatic heterocycles. The Balaban J connectivity index is 1.56. The van der Waals surface area contributed by atoms with Crippen molar-refractivity contribution in [1.82, 2.24) is 20.1 Å². The second-order valence-corrected chi connectivity index (χ2v) is 6.61. The van der Waals surface area contributed by atoms with Crippen molar-refractivity contribution in [2.24, 2.45) is 4.99 Å². The number of nitrogens with zero attached hydrogens (tertiary/aromatic N) is 4. The zero-order valence-corrected chi connectivity index (χ0v) is 14.8. The van der Waals surface area contributed by atoms with Crippen LogP contribution in [0.25, 0.3) is 0 Å². The van der Waals surface area contributed by atoms with E-state index in [0.29, 0.717) is 11.9 Å². The summed E-state index contributed by atoms with van der Waals surface area (Å²) >= 11 is 0. The summed E-state index contributed by atoms with van der Waals surface area (Å²) in [4.78, 5) is 13.9. The molecule has 0 aliphatic carbocycles. The lowest BCUT2D eigenvalue weighted by Gasteiger charge is -2.23. The van der Waals surface area contributed by atoms with Crippen LogP contribution in [0.15, 0.2) is 29.4 Å². The lowest BCUT2D eigenvalue weighted by molar-refractivity contribution is 0.205. The topological polar surface area (TPSA) is 53.0 Å². The molecule has 2 aliphatic heterocycles. The second-order valence-electron chi connectivity index (χ2n) is 6.61. The van der Waals surface area contributed by atoms with Crippen LogP contribution in [0.3, 0.4) is 0 Å². The Morgan fingerprint density at radius 2 is 2.29 bits per heavy atom. The highest BCUT2D eigenvalue weighted by atomic mass is 16.5. The third-order valence-corrected chi connectivity index (χ3v) is 4.83. The monoisotopic (exact) mass is 331 g/mol. The number of hydrogen-bond donors (Lipinski definition) is 1. The van der Waals surface area contributed by atoms with Gasteiger partial charge in [-0.3, -0.25) is 4.99 Å². The predicted molar refractivity (Wildman–Crippen MR) is 96.5 cm³/mol. The highest BCUT2D eigenvalue weighted by Gasteiger charge is 2.27. The molecule has 2 saturated heterocycles. The molecule has 2 unspecified atom stereocenters. The first-order valence-corrected chi connectivity index (χ1v) is 9.07. The SMILES string of the molecule is CCNC(=NCC1CCCN1C)N1CCC(Oc2ccccn2)C1. The quantitative estimate of drug-likeness (QED) is 0.656. The van der Waals surface area contributed by atoms with Gasteiger partial charge in [0.25, 0.3) is 0 Å². The van der Waals surface area contributed by atoms with Crippen molar-refractivity contribution < 1.29 is 4.74 Å². The minimum absolute atomic E-state index is 0.179. The van der Waals surface area contributed by atoms with Crippen molar-refractivity contribution in [2.75, 3.05) is 39.8 Å². The van der Waals surface area contributed by atoms with Gasteiger partial charge < -0.3 is 19.9 Å². The van der Waals surface area contributed by atoms with E-state index in [0.717, 1.165) is 38.6 Å². The molecule has 0 saturated carbocycles. The Hall–Kier alpha value is -1.82. The molecule has 6 nitrogen and oxygen atoms in total. The van der Waals surface area contributed by atoms with Gasteiger partial charge in [-0.05, 0) is 39.4 Å². The summed E-state index contributed by atoms with van der Waals surface area (Å²) in [7, 11) is 2.20. The van der Waals surface area contributed by atoms with Crippen molar-refractivity contribution in [1.29, 1.82) is 0 Å². The number of likely N-dealkylation sites (N-methyl/N-ethyl adjacent to an activating group) is 1. The number of ether oxygens (including phenoxy) is 1. The van der Waals surface area contributed by atoms with Crippen LogP contribution in [-0.4, -0.2) is 72.7 Å². The van der Waals surface area contributed by atoms with E-state index in [1.807, 2.05) is 18.2 Å². The van der Waals surface area contributed by atoms with Crippen LogP contribution in [-0.2, 0) is 0 Å². The van der Waals surface area contributed by atoms with Gasteiger partial charge in [-0.25, -0.2) is 4.98 Å². The van der Waals surface area contributed by atoms with E-state index in [-0.39, 0.29) is 6.10 Å². The van der Waals surface area contributed by atoms with Crippen LogP contribution in [0, 0.1) is 0 Å². The Bertz CT molecular complexity index is 535. The fraction of sp³-hybridized carbons (Fsp3) is 0.667. The molecule has 24 heavy (non-hydrogen) atoms. The molecule has 1 N–H and O–H groups in total. The molecule has 0 amide bonds. The number of pyridine rings is 1. The van der Waals surface area contributed by atoms with E-state index >= 15 is 0 Å². The van der Waals surface area contributed by atoms with Crippen LogP contribution in [0.4, 0.5) is 0 Å². The average Bonchev–Trinajstić information content (AvgIpc) is 3.22. The van der Waals surface area contributed by atoms with Crippen LogP contribution >= 0.6 is 0 Å². The second kappa shape index (κ2) is 8.33. The minimum atomic E-state index is 0.179. The van der Waals surface area contributed by atoms with Crippen molar-refractivity contribution >= 4 is 5.96 Å². The van der Waals surface area contributed by atoms with Gasteiger partial charge in [0.15, 0.2) is 5.96 Å². The van der Waals surface area contributed by atoms with Crippen molar-refractivity contribution in [2.45, 2.75) is 38.3 Å². The molecule has 2 atom stereocenters. The minimum Gasteiger partial charge on any atom is -0.472 e. The molecular formula is C18H29N5O. The Labute approximate surface area is 144 Å². The smallest absolute Gasteiger partial charge is 0.213 e. The lowest BCUT2D eigenvalue weighted by atomic mass is 10.2. The molecule has 2 fully saturated rings. The molecule has 0 aromatic carbocycles. The Kier molecular flexibility index (Phi) is 5.91. The number of nitrogens with one attached hydrogen (secondary N) is 1. The van der Waals surface area contributed by atoms with E-state index in [2.05, 4.69) is 34.1 Å². The highest BCUT2D eigenvalue weighted by molar-refractivity contribution is 5.80. The maximum Gasteiger partial charge on any atom is 0.213 e. The molecule has 0 radical (unpaired) electrons. The van der Waals surface area contributed by atoms with Crippen LogP contribution in [0.1, 0.15) is 26.2 Å². The maximum atomic E-state index is 5.99. The molecular weight excluding hydrogens is 302 g/mol. The first kappa shape index (κ1) is 17.0. The van der Waals surface area contributed by atoms with Gasteiger partial charge in [0.2, 0.25) is 5.88 Å². The molecule has 0 spiro atoms. The van der Waals surface area contributed by atoms with E-state index < -0.39 is 0 Å². The maximum absolute atomic E-state index is 5.99. The molecule has 1 aromatic rings. The van der Waals surface area contributed by atoms with Crippen LogP contribution in [0.5, 0.6) is 5.88 Å². The third kappa shape index (κ3) is 4.38. The van der Waals surface area contributed by atoms with Gasteiger partial charge in [-0.15, -0.1) is 0 Å². The molecule has 132 valence electrons. The van der Waals surface area contributed by atoms with Gasteiger partial charge >= 0.3 is 0 Å². The standard InChI is InChI=1S/C18H29N5O/c1-3-19-18(21-13-15-7-6-11-22(15)2)23-12-9-16(14-23)24-17-8-4-5-10-20-17/h4-5,8,10,15-16H,3,6-7,9,11-14H2,1-2H3,(H,19,21). The van der Waals surface area contributed by atoms with E-state index in [1.165, 1.54) is 19.4 Å². The average molecular weight is 331 g/mol. The molecule has 6 heteroatoms. The number of rotatable bonds is 5. The normalized spacial score (nSPS) is 25.2. The van der Waals surface area contributed by atoms with E-state index in [4.69, 9.17) is 9.73 Å². The van der Waals surface area contributed by atoms with Crippen LogP contribution < -0.4 is 10.1 Å². The zero-order valence-electron chi connectivity index (χ0n) is 14.8. The van der Waals surface area contributed by atoms with Gasteiger partial charge in [-0.1, -0.05) is 6.07 Å². The number of hydrogen-bond acceptors (Lipinski definition) is 4. The summed E-state index contributed by atoms with van der Waals surface area (Å²) in [5, 5.41) is 3.43. The molecule has 3 rings (SSSR count). The van der Waals surface area contributed by atoms with Crippen LogP contribution in [0.2, 0.25) is 0 Å². The Morgan fingerprint density at radius 1 is 1.38 bits per heavy atom. The zero-order chi connectivity index (χ0) is 16.8. The summed E-state index contributed by atoms with van der Waals surface area (Å²) in [6.07, 6.45) is 5.50. The predicted octanol–water partition coefficient (Wildman–Crippen LogP) is 1.59. The van der Waals surface area contributed by atoms with E-state index in [9.17, 15) is 0 Å². The first-order valence-electron chi connectivity index (χ1n) is 9.07. The Morgan fingerprint density at radius 3 is 3.00 bits per heavy atom. The van der Waals surface area contributed by atoms with Gasteiger partial charge in [0.05, 0.1) is 13.1 Å². The number of likely N-dealkylation sites (tertiary alicyclic amines) is 2. The molecule has 0 bridgehead atoms. The lowest BCUT2D eigenvalue weighted by Crippen LogP contribution is -2.42. The fourth-order valence-corrected chi connectivity index (χ4v) is 3.43. The fourth-order valence-electron chi connectivity index (χ4n) is 3.43. The van der Waals surface area contributed by atoms with Crippen molar-refractivity contribution in [3.63, 3.8) is 0 Å². The first-order chi connectivity index (χ1) is 11.8. The molecule has 2 aliphatic rings. The third-order valence-electron chi connectivity index (χ3n) is 4.83. The van der Waals surface area contributed by atoms with Crippen molar-refractivity contribution in [3.05, 3.63) is 24.4 Å². The van der Waals surface area contributed by atoms with Crippen molar-refractivity contribution in [3.8, 4) is 5.88 Å².